The largest absolute Gasteiger partial charge is 0.379 e. The molecule has 0 bridgehead atoms. The number of ether oxygens (including phenoxy) is 1. The van der Waals surface area contributed by atoms with E-state index >= 15 is 0 Å². The number of morpholine rings is 1. The van der Waals surface area contributed by atoms with Gasteiger partial charge in [0.05, 0.1) is 13.2 Å². The Morgan fingerprint density at radius 1 is 1.03 bits per heavy atom. The Balaban J connectivity index is 0.000000387. The van der Waals surface area contributed by atoms with Gasteiger partial charge in [-0.25, -0.2) is 0 Å². The maximum atomic E-state index is 5.20. The van der Waals surface area contributed by atoms with Gasteiger partial charge in [0.1, 0.15) is 0 Å². The van der Waals surface area contributed by atoms with Gasteiger partial charge in [-0.1, -0.05) is 48.0 Å². The van der Waals surface area contributed by atoms with Crippen LogP contribution in [0.2, 0.25) is 0 Å². The highest BCUT2D eigenvalue weighted by Crippen LogP contribution is 2.22. The number of nitrogens with zero attached hydrogens (tertiary/aromatic N) is 4. The van der Waals surface area contributed by atoms with Gasteiger partial charge in [0.2, 0.25) is 0 Å². The molecule has 0 N–H and O–H groups in total. The molecule has 2 heterocycles. The fourth-order valence-corrected chi connectivity index (χ4v) is 3.62. The Bertz CT molecular complexity index is 520. The molecule has 0 saturated carbocycles. The first-order chi connectivity index (χ1) is 14.0. The highest BCUT2D eigenvalue weighted by Gasteiger charge is 2.15. The van der Waals surface area contributed by atoms with Crippen molar-refractivity contribution in [3.05, 3.63) is 11.8 Å². The number of aryl methyl sites for hydroxylation is 1. The minimum atomic E-state index is 0.536. The smallest absolute Gasteiger partial charge is 0.150 e. The highest BCUT2D eigenvalue weighted by atomic mass is 16.5. The van der Waals surface area contributed by atoms with E-state index in [0.29, 0.717) is 5.92 Å². The first kappa shape index (κ1) is 26.0. The number of hydrogen-bond acceptors (Lipinski definition) is 4. The zero-order chi connectivity index (χ0) is 21.6. The summed E-state index contributed by atoms with van der Waals surface area (Å²) in [5.74, 6) is 2.50. The average Bonchev–Trinajstić information content (AvgIpc) is 3.17. The Labute approximate surface area is 180 Å². The van der Waals surface area contributed by atoms with E-state index in [-0.39, 0.29) is 0 Å². The topological polar surface area (TPSA) is 33.5 Å². The predicted molar refractivity (Wildman–Crippen MR) is 126 cm³/mol. The van der Waals surface area contributed by atoms with Crippen LogP contribution in [0.3, 0.4) is 0 Å². The zero-order valence-electron chi connectivity index (χ0n) is 20.4. The van der Waals surface area contributed by atoms with Crippen LogP contribution in [0, 0.1) is 5.92 Å². The minimum Gasteiger partial charge on any atom is -0.379 e. The van der Waals surface area contributed by atoms with Crippen LogP contribution in [0.1, 0.15) is 85.8 Å². The second kappa shape index (κ2) is 14.8. The third-order valence-electron chi connectivity index (χ3n) is 5.74. The molecule has 170 valence electrons. The molecule has 0 aromatic carbocycles. The quantitative estimate of drug-likeness (QED) is 0.490. The number of aromatic nitrogens is 2. The first-order valence-corrected chi connectivity index (χ1v) is 12.1. The van der Waals surface area contributed by atoms with Crippen LogP contribution < -0.4 is 4.90 Å². The second-order valence-corrected chi connectivity index (χ2v) is 8.64. The van der Waals surface area contributed by atoms with Crippen molar-refractivity contribution >= 4 is 5.82 Å². The molecular weight excluding hydrogens is 360 g/mol. The summed E-state index contributed by atoms with van der Waals surface area (Å²) in [6, 6.07) is 2.29. The molecule has 1 aliphatic rings. The van der Waals surface area contributed by atoms with Crippen LogP contribution in [-0.4, -0.2) is 60.6 Å². The fourth-order valence-electron chi connectivity index (χ4n) is 3.62. The molecule has 0 amide bonds. The van der Waals surface area contributed by atoms with Crippen LogP contribution in [0.5, 0.6) is 0 Å². The van der Waals surface area contributed by atoms with Gasteiger partial charge in [0.15, 0.2) is 5.82 Å². The summed E-state index contributed by atoms with van der Waals surface area (Å²) in [5, 5.41) is 4.82. The molecule has 1 unspecified atom stereocenters. The van der Waals surface area contributed by atoms with Crippen LogP contribution in [0.15, 0.2) is 6.07 Å². The van der Waals surface area contributed by atoms with Gasteiger partial charge in [0, 0.05) is 44.5 Å². The molecular formula is C24H48N4O. The fraction of sp³-hybridized carbons (Fsp3) is 0.875. The summed E-state index contributed by atoms with van der Waals surface area (Å²) >= 11 is 0. The second-order valence-electron chi connectivity index (χ2n) is 8.64. The average molecular weight is 409 g/mol. The molecule has 5 nitrogen and oxygen atoms in total. The van der Waals surface area contributed by atoms with Crippen molar-refractivity contribution in [3.63, 3.8) is 0 Å². The van der Waals surface area contributed by atoms with E-state index in [4.69, 9.17) is 9.84 Å². The van der Waals surface area contributed by atoms with Crippen molar-refractivity contribution in [2.45, 2.75) is 86.6 Å². The molecule has 2 rings (SSSR count). The van der Waals surface area contributed by atoms with E-state index in [0.717, 1.165) is 51.9 Å². The maximum absolute atomic E-state index is 5.20. The molecule has 1 aliphatic heterocycles. The lowest BCUT2D eigenvalue weighted by Crippen LogP contribution is -2.36. The molecule has 5 heteroatoms. The molecule has 1 fully saturated rings. The Hall–Kier alpha value is -1.07. The molecule has 0 spiro atoms. The zero-order valence-corrected chi connectivity index (χ0v) is 20.4. The van der Waals surface area contributed by atoms with Gasteiger partial charge in [-0.3, -0.25) is 9.58 Å². The summed E-state index contributed by atoms with van der Waals surface area (Å²) in [4.78, 5) is 4.91. The van der Waals surface area contributed by atoms with Gasteiger partial charge < -0.3 is 9.64 Å². The summed E-state index contributed by atoms with van der Waals surface area (Å²) in [7, 11) is 0. The number of hydrogen-bond donors (Lipinski definition) is 0. The summed E-state index contributed by atoms with van der Waals surface area (Å²) in [6.45, 7) is 24.3. The molecule has 1 aromatic heterocycles. The molecule has 0 radical (unpaired) electrons. The van der Waals surface area contributed by atoms with E-state index in [1.165, 1.54) is 43.7 Å². The summed E-state index contributed by atoms with van der Waals surface area (Å²) < 4.78 is 7.36. The van der Waals surface area contributed by atoms with Crippen LogP contribution in [0.25, 0.3) is 0 Å². The van der Waals surface area contributed by atoms with Crippen molar-refractivity contribution in [3.8, 4) is 0 Å². The van der Waals surface area contributed by atoms with Crippen LogP contribution in [-0.2, 0) is 11.3 Å². The van der Waals surface area contributed by atoms with Gasteiger partial charge >= 0.3 is 0 Å². The standard InChI is InChI=1S/C17H33N3.C7H15NO/c1-7-11-19(12-10-15(6)8-2)17-13-16(14(4)5)20(9-3)18-17;1-2-3-8-4-6-9-7-5-8/h13-15H,7-12H2,1-6H3;2-7H2,1H3. The molecule has 1 aromatic rings. The third kappa shape index (κ3) is 9.52. The van der Waals surface area contributed by atoms with Crippen LogP contribution in [0.4, 0.5) is 5.82 Å². The molecule has 0 aliphatic carbocycles. The van der Waals surface area contributed by atoms with Crippen molar-refractivity contribution in [1.82, 2.24) is 14.7 Å². The summed E-state index contributed by atoms with van der Waals surface area (Å²) in [5.41, 5.74) is 1.35. The Morgan fingerprint density at radius 3 is 2.21 bits per heavy atom. The van der Waals surface area contributed by atoms with Crippen molar-refractivity contribution in [1.29, 1.82) is 0 Å². The van der Waals surface area contributed by atoms with E-state index in [1.807, 2.05) is 0 Å². The number of rotatable bonds is 11. The van der Waals surface area contributed by atoms with Crippen molar-refractivity contribution in [2.24, 2.45) is 5.92 Å². The lowest BCUT2D eigenvalue weighted by molar-refractivity contribution is 0.0380. The van der Waals surface area contributed by atoms with Gasteiger partial charge in [-0.15, -0.1) is 0 Å². The lowest BCUT2D eigenvalue weighted by atomic mass is 10.1. The molecule has 1 atom stereocenters. The van der Waals surface area contributed by atoms with Gasteiger partial charge in [0.25, 0.3) is 0 Å². The minimum absolute atomic E-state index is 0.536. The maximum Gasteiger partial charge on any atom is 0.150 e. The van der Waals surface area contributed by atoms with E-state index < -0.39 is 0 Å². The SMILES string of the molecule is CCCN(CCC(C)CC)c1cc(C(C)C)n(CC)n1.CCCN1CCOCC1. The Morgan fingerprint density at radius 2 is 1.72 bits per heavy atom. The third-order valence-corrected chi connectivity index (χ3v) is 5.74. The number of anilines is 1. The van der Waals surface area contributed by atoms with E-state index in [1.54, 1.807) is 0 Å². The molecule has 1 saturated heterocycles. The monoisotopic (exact) mass is 408 g/mol. The predicted octanol–water partition coefficient (Wildman–Crippen LogP) is 5.41. The van der Waals surface area contributed by atoms with Crippen molar-refractivity contribution < 1.29 is 4.74 Å². The molecule has 29 heavy (non-hydrogen) atoms. The normalized spacial score (nSPS) is 15.9. The summed E-state index contributed by atoms with van der Waals surface area (Å²) in [6.07, 6.45) is 4.96. The van der Waals surface area contributed by atoms with Gasteiger partial charge in [-0.05, 0) is 44.6 Å². The first-order valence-electron chi connectivity index (χ1n) is 12.1. The Kier molecular flexibility index (Phi) is 13.3. The highest BCUT2D eigenvalue weighted by molar-refractivity contribution is 5.40. The van der Waals surface area contributed by atoms with Crippen LogP contribution >= 0.6 is 0 Å². The van der Waals surface area contributed by atoms with Crippen molar-refractivity contribution in [2.75, 3.05) is 50.8 Å². The van der Waals surface area contributed by atoms with Gasteiger partial charge in [-0.2, -0.15) is 5.10 Å². The van der Waals surface area contributed by atoms with E-state index in [2.05, 4.69) is 69.0 Å². The van der Waals surface area contributed by atoms with E-state index in [9.17, 15) is 0 Å². The lowest BCUT2D eigenvalue weighted by Gasteiger charge is -2.25.